The van der Waals surface area contributed by atoms with Gasteiger partial charge in [0.15, 0.2) is 11.5 Å². The first kappa shape index (κ1) is 19.8. The van der Waals surface area contributed by atoms with Gasteiger partial charge >= 0.3 is 0 Å². The lowest BCUT2D eigenvalue weighted by Crippen LogP contribution is -2.32. The smallest absolute Gasteiger partial charge is 0.273 e. The summed E-state index contributed by atoms with van der Waals surface area (Å²) in [6.07, 6.45) is 0. The molecule has 0 radical (unpaired) electrons. The van der Waals surface area contributed by atoms with Crippen molar-refractivity contribution >= 4 is 5.91 Å². The maximum Gasteiger partial charge on any atom is 0.273 e. The monoisotopic (exact) mass is 409 g/mol. The van der Waals surface area contributed by atoms with Gasteiger partial charge in [-0.05, 0) is 36.8 Å². The van der Waals surface area contributed by atoms with Crippen molar-refractivity contribution in [2.24, 2.45) is 0 Å². The normalized spacial score (nSPS) is 15.5. The van der Waals surface area contributed by atoms with Gasteiger partial charge in [0.2, 0.25) is 0 Å². The van der Waals surface area contributed by atoms with Crippen LogP contribution in [0.2, 0.25) is 0 Å². The Morgan fingerprint density at radius 1 is 1.17 bits per heavy atom. The zero-order valence-electron chi connectivity index (χ0n) is 16.8. The van der Waals surface area contributed by atoms with Crippen LogP contribution < -0.4 is 4.74 Å². The van der Waals surface area contributed by atoms with Crippen LogP contribution in [0.25, 0.3) is 11.3 Å². The number of benzene rings is 2. The van der Waals surface area contributed by atoms with Gasteiger partial charge in [0.25, 0.3) is 5.91 Å². The summed E-state index contributed by atoms with van der Waals surface area (Å²) < 4.78 is 10.7. The fraction of sp³-hybridized carbons (Fsp3) is 0.273. The lowest BCUT2D eigenvalue weighted by Gasteiger charge is -2.26. The number of methoxy groups -OCH3 is 1. The molecule has 8 nitrogen and oxygen atoms in total. The van der Waals surface area contributed by atoms with E-state index in [0.717, 1.165) is 5.56 Å². The minimum Gasteiger partial charge on any atom is -0.507 e. The molecule has 0 aliphatic carbocycles. The lowest BCUT2D eigenvalue weighted by atomic mass is 9.95. The van der Waals surface area contributed by atoms with Crippen LogP contribution in [0.15, 0.2) is 42.5 Å². The van der Waals surface area contributed by atoms with Crippen LogP contribution in [0.1, 0.15) is 34.6 Å². The number of rotatable bonds is 7. The quantitative estimate of drug-likeness (QED) is 0.554. The van der Waals surface area contributed by atoms with Gasteiger partial charge in [-0.2, -0.15) is 5.10 Å². The largest absolute Gasteiger partial charge is 0.507 e. The molecule has 0 spiro atoms. The molecule has 3 N–H and O–H groups in total. The van der Waals surface area contributed by atoms with Gasteiger partial charge in [-0.1, -0.05) is 18.2 Å². The molecule has 1 aromatic heterocycles. The highest BCUT2D eigenvalue weighted by molar-refractivity contribution is 6.00. The third kappa shape index (κ3) is 3.25. The summed E-state index contributed by atoms with van der Waals surface area (Å²) in [6.45, 7) is 2.96. The average Bonchev–Trinajstić information content (AvgIpc) is 3.28. The van der Waals surface area contributed by atoms with Crippen molar-refractivity contribution in [2.45, 2.75) is 13.0 Å². The van der Waals surface area contributed by atoms with Crippen molar-refractivity contribution in [3.63, 3.8) is 0 Å². The lowest BCUT2D eigenvalue weighted by molar-refractivity contribution is 0.0677. The summed E-state index contributed by atoms with van der Waals surface area (Å²) in [5, 5.41) is 27.7. The van der Waals surface area contributed by atoms with E-state index in [2.05, 4.69) is 10.2 Å². The Hall–Kier alpha value is -3.52. The Balaban J connectivity index is 1.88. The van der Waals surface area contributed by atoms with Crippen LogP contribution in [0, 0.1) is 0 Å². The summed E-state index contributed by atoms with van der Waals surface area (Å²) in [6, 6.07) is 11.4. The summed E-state index contributed by atoms with van der Waals surface area (Å²) in [5.41, 5.74) is 2.85. The van der Waals surface area contributed by atoms with E-state index in [1.54, 1.807) is 54.5 Å². The number of phenolic OH excluding ortho intramolecular Hbond substituents is 2. The predicted octanol–water partition coefficient (Wildman–Crippen LogP) is 3.08. The molecule has 0 fully saturated rings. The van der Waals surface area contributed by atoms with Crippen LogP contribution in [0.3, 0.4) is 0 Å². The van der Waals surface area contributed by atoms with Gasteiger partial charge in [-0.25, -0.2) is 0 Å². The summed E-state index contributed by atoms with van der Waals surface area (Å²) in [5.74, 6) is 0.248. The van der Waals surface area contributed by atoms with Crippen LogP contribution >= 0.6 is 0 Å². The van der Waals surface area contributed by atoms with Gasteiger partial charge in [-0.3, -0.25) is 9.89 Å². The number of hydrogen-bond acceptors (Lipinski definition) is 6. The standard InChI is InChI=1S/C22H23N3O5/c1-3-30-17-12-13(8-9-16(17)27)21-18-19(14-6-4-5-7-15(14)26)23-24-20(18)22(28)25(21)10-11-29-2/h4-9,12,21,26-27H,3,10-11H2,1-2H3,(H,23,24)/t21-/m0/s1. The summed E-state index contributed by atoms with van der Waals surface area (Å²) in [4.78, 5) is 14.8. The number of H-pyrrole nitrogens is 1. The minimum absolute atomic E-state index is 0.0294. The molecular formula is C22H23N3O5. The molecule has 3 aromatic rings. The molecule has 1 aliphatic rings. The minimum atomic E-state index is -0.476. The van der Waals surface area contributed by atoms with Crippen molar-refractivity contribution in [1.29, 1.82) is 0 Å². The third-order valence-corrected chi connectivity index (χ3v) is 5.16. The van der Waals surface area contributed by atoms with E-state index in [1.165, 1.54) is 0 Å². The topological polar surface area (TPSA) is 108 Å². The SMILES string of the molecule is CCOc1cc([C@H]2c3c(-c4ccccc4O)n[nH]c3C(=O)N2CCOC)ccc1O. The zero-order valence-corrected chi connectivity index (χ0v) is 16.8. The molecule has 8 heteroatoms. The summed E-state index contributed by atoms with van der Waals surface area (Å²) in [7, 11) is 1.58. The Morgan fingerprint density at radius 3 is 2.70 bits per heavy atom. The van der Waals surface area contributed by atoms with Crippen molar-refractivity contribution in [3.8, 4) is 28.5 Å². The number of amides is 1. The fourth-order valence-corrected chi connectivity index (χ4v) is 3.81. The number of hydrogen-bond donors (Lipinski definition) is 3. The average molecular weight is 409 g/mol. The molecule has 0 bridgehead atoms. The van der Waals surface area contributed by atoms with Gasteiger partial charge in [0.1, 0.15) is 17.1 Å². The van der Waals surface area contributed by atoms with E-state index in [9.17, 15) is 15.0 Å². The van der Waals surface area contributed by atoms with Crippen molar-refractivity contribution in [2.75, 3.05) is 26.9 Å². The number of fused-ring (bicyclic) bond motifs is 1. The van der Waals surface area contributed by atoms with Crippen molar-refractivity contribution < 1.29 is 24.5 Å². The fourth-order valence-electron chi connectivity index (χ4n) is 3.81. The number of aromatic amines is 1. The van der Waals surface area contributed by atoms with E-state index >= 15 is 0 Å². The number of carbonyl (C=O) groups excluding carboxylic acids is 1. The van der Waals surface area contributed by atoms with Gasteiger partial charge in [0, 0.05) is 24.8 Å². The molecule has 1 atom stereocenters. The number of carbonyl (C=O) groups is 1. The first-order valence-electron chi connectivity index (χ1n) is 9.69. The molecule has 0 saturated carbocycles. The predicted molar refractivity (Wildman–Crippen MR) is 110 cm³/mol. The maximum absolute atomic E-state index is 13.1. The molecule has 156 valence electrons. The number of ether oxygens (including phenoxy) is 2. The number of nitrogens with one attached hydrogen (secondary N) is 1. The van der Waals surface area contributed by atoms with Crippen LogP contribution in [-0.2, 0) is 4.74 Å². The van der Waals surface area contributed by atoms with Crippen LogP contribution in [0.4, 0.5) is 0 Å². The molecule has 0 unspecified atom stereocenters. The maximum atomic E-state index is 13.1. The zero-order chi connectivity index (χ0) is 21.3. The molecule has 2 aromatic carbocycles. The molecule has 1 amide bonds. The van der Waals surface area contributed by atoms with Gasteiger partial charge in [0.05, 0.1) is 19.3 Å². The number of aromatic nitrogens is 2. The highest BCUT2D eigenvalue weighted by atomic mass is 16.5. The van der Waals surface area contributed by atoms with Gasteiger partial charge in [-0.15, -0.1) is 0 Å². The second-order valence-corrected chi connectivity index (χ2v) is 6.93. The van der Waals surface area contributed by atoms with E-state index in [1.807, 2.05) is 6.92 Å². The molecule has 30 heavy (non-hydrogen) atoms. The third-order valence-electron chi connectivity index (χ3n) is 5.16. The number of para-hydroxylation sites is 1. The Bertz CT molecular complexity index is 1080. The molecule has 0 saturated heterocycles. The van der Waals surface area contributed by atoms with E-state index in [-0.39, 0.29) is 17.4 Å². The number of aromatic hydroxyl groups is 2. The van der Waals surface area contributed by atoms with E-state index in [4.69, 9.17) is 9.47 Å². The second kappa shape index (κ2) is 8.08. The number of phenols is 2. The molecule has 4 rings (SSSR count). The second-order valence-electron chi connectivity index (χ2n) is 6.93. The van der Waals surface area contributed by atoms with E-state index < -0.39 is 6.04 Å². The first-order valence-corrected chi connectivity index (χ1v) is 9.69. The molecule has 1 aliphatic heterocycles. The first-order chi connectivity index (χ1) is 14.6. The molecule has 2 heterocycles. The number of nitrogens with zero attached hydrogens (tertiary/aromatic N) is 2. The van der Waals surface area contributed by atoms with Crippen molar-refractivity contribution in [3.05, 3.63) is 59.3 Å². The van der Waals surface area contributed by atoms with E-state index in [0.29, 0.717) is 48.0 Å². The Kier molecular flexibility index (Phi) is 5.33. The van der Waals surface area contributed by atoms with Crippen LogP contribution in [0.5, 0.6) is 17.2 Å². The van der Waals surface area contributed by atoms with Gasteiger partial charge < -0.3 is 24.6 Å². The Labute approximate surface area is 173 Å². The Morgan fingerprint density at radius 2 is 1.97 bits per heavy atom. The van der Waals surface area contributed by atoms with Crippen LogP contribution in [-0.4, -0.2) is 58.1 Å². The summed E-state index contributed by atoms with van der Waals surface area (Å²) >= 11 is 0. The highest BCUT2D eigenvalue weighted by Crippen LogP contribution is 2.45. The molecular weight excluding hydrogens is 386 g/mol. The highest BCUT2D eigenvalue weighted by Gasteiger charge is 2.42. The van der Waals surface area contributed by atoms with Crippen molar-refractivity contribution in [1.82, 2.24) is 15.1 Å².